The van der Waals surface area contributed by atoms with Crippen molar-refractivity contribution in [3.8, 4) is 33.9 Å². The molecule has 0 spiro atoms. The van der Waals surface area contributed by atoms with Crippen molar-refractivity contribution < 1.29 is 14.3 Å². The van der Waals surface area contributed by atoms with Gasteiger partial charge in [0, 0.05) is 48.1 Å². The molecule has 0 saturated heterocycles. The van der Waals surface area contributed by atoms with Crippen molar-refractivity contribution in [3.05, 3.63) is 66.2 Å². The predicted octanol–water partition coefficient (Wildman–Crippen LogP) is 4.39. The molecule has 0 atom stereocenters. The lowest BCUT2D eigenvalue weighted by molar-refractivity contribution is 0.0827. The summed E-state index contributed by atoms with van der Waals surface area (Å²) in [5.74, 6) is 0.946. The van der Waals surface area contributed by atoms with Crippen molar-refractivity contribution in [2.24, 2.45) is 0 Å². The molecule has 0 fully saturated rings. The Morgan fingerprint density at radius 3 is 2.28 bits per heavy atom. The molecule has 0 bridgehead atoms. The molecule has 0 unspecified atom stereocenters. The van der Waals surface area contributed by atoms with E-state index in [0.717, 1.165) is 38.9 Å². The maximum absolute atomic E-state index is 12.3. The largest absolute Gasteiger partial charge is 0.491 e. The summed E-state index contributed by atoms with van der Waals surface area (Å²) in [6, 6.07) is 13.6. The molecular weight excluding hydrogens is 404 g/mol. The molecule has 0 N–H and O–H groups in total. The minimum atomic E-state index is -0.0373. The van der Waals surface area contributed by atoms with Crippen LogP contribution in [0.15, 0.2) is 55.0 Å². The van der Waals surface area contributed by atoms with Gasteiger partial charge in [0.15, 0.2) is 5.75 Å². The van der Waals surface area contributed by atoms with Gasteiger partial charge in [0.2, 0.25) is 0 Å². The van der Waals surface area contributed by atoms with Crippen LogP contribution in [-0.4, -0.2) is 54.1 Å². The first-order valence-electron chi connectivity index (χ1n) is 10.1. The molecule has 0 aliphatic rings. The number of ether oxygens (including phenoxy) is 2. The fourth-order valence-corrected chi connectivity index (χ4v) is 3.62. The van der Waals surface area contributed by atoms with Crippen molar-refractivity contribution in [3.63, 3.8) is 0 Å². The van der Waals surface area contributed by atoms with Crippen LogP contribution in [0.2, 0.25) is 0 Å². The maximum Gasteiger partial charge on any atom is 0.256 e. The first-order chi connectivity index (χ1) is 15.4. The number of carbonyl (C=O) groups is 1. The van der Waals surface area contributed by atoms with E-state index < -0.39 is 0 Å². The lowest BCUT2D eigenvalue weighted by Crippen LogP contribution is -2.21. The van der Waals surface area contributed by atoms with E-state index >= 15 is 0 Å². The summed E-state index contributed by atoms with van der Waals surface area (Å²) in [4.78, 5) is 27.1. The van der Waals surface area contributed by atoms with E-state index in [1.54, 1.807) is 45.7 Å². The zero-order chi connectivity index (χ0) is 22.8. The van der Waals surface area contributed by atoms with Crippen LogP contribution in [-0.2, 0) is 0 Å². The Morgan fingerprint density at radius 1 is 0.875 bits per heavy atom. The van der Waals surface area contributed by atoms with Crippen LogP contribution in [0, 0.1) is 6.92 Å². The molecule has 0 radical (unpaired) electrons. The minimum absolute atomic E-state index is 0.0373. The lowest BCUT2D eigenvalue weighted by Gasteiger charge is -2.14. The van der Waals surface area contributed by atoms with Gasteiger partial charge in [-0.3, -0.25) is 4.79 Å². The number of rotatable bonds is 5. The first kappa shape index (κ1) is 21.2. The van der Waals surface area contributed by atoms with Gasteiger partial charge in [0.1, 0.15) is 6.33 Å². The molecule has 2 aromatic carbocycles. The van der Waals surface area contributed by atoms with Crippen LogP contribution >= 0.6 is 0 Å². The van der Waals surface area contributed by atoms with Crippen molar-refractivity contribution in [2.75, 3.05) is 28.3 Å². The van der Waals surface area contributed by atoms with E-state index in [9.17, 15) is 4.79 Å². The minimum Gasteiger partial charge on any atom is -0.491 e. The third-order valence-electron chi connectivity index (χ3n) is 5.35. The summed E-state index contributed by atoms with van der Waals surface area (Å²) in [5, 5.41) is 0.947. The number of fused-ring (bicyclic) bond motifs is 1. The molecule has 0 saturated carbocycles. The average Bonchev–Trinajstić information content (AvgIpc) is 2.83. The Hall–Kier alpha value is -4.00. The summed E-state index contributed by atoms with van der Waals surface area (Å²) in [6.45, 7) is 1.96. The molecule has 0 aliphatic carbocycles. The molecule has 0 aliphatic heterocycles. The van der Waals surface area contributed by atoms with E-state index in [4.69, 9.17) is 9.47 Å². The second-order valence-corrected chi connectivity index (χ2v) is 7.59. The third-order valence-corrected chi connectivity index (χ3v) is 5.35. The zero-order valence-electron chi connectivity index (χ0n) is 18.7. The number of hydrogen-bond donors (Lipinski definition) is 0. The fourth-order valence-electron chi connectivity index (χ4n) is 3.62. The van der Waals surface area contributed by atoms with Gasteiger partial charge in [0.25, 0.3) is 11.8 Å². The lowest BCUT2D eigenvalue weighted by atomic mass is 9.95. The Kier molecular flexibility index (Phi) is 5.73. The second-order valence-electron chi connectivity index (χ2n) is 7.59. The van der Waals surface area contributed by atoms with Gasteiger partial charge >= 0.3 is 0 Å². The van der Waals surface area contributed by atoms with Crippen molar-refractivity contribution in [2.45, 2.75) is 6.92 Å². The van der Waals surface area contributed by atoms with Crippen LogP contribution in [0.3, 0.4) is 0 Å². The molecule has 7 heteroatoms. The number of benzene rings is 2. The van der Waals surface area contributed by atoms with Crippen molar-refractivity contribution in [1.29, 1.82) is 0 Å². The number of pyridine rings is 1. The quantitative estimate of drug-likeness (QED) is 0.469. The highest BCUT2D eigenvalue weighted by Crippen LogP contribution is 2.36. The summed E-state index contributed by atoms with van der Waals surface area (Å²) in [5.41, 5.74) is 6.10. The summed E-state index contributed by atoms with van der Waals surface area (Å²) >= 11 is 0. The summed E-state index contributed by atoms with van der Waals surface area (Å²) in [7, 11) is 6.63. The van der Waals surface area contributed by atoms with Crippen molar-refractivity contribution in [1.82, 2.24) is 19.9 Å². The summed E-state index contributed by atoms with van der Waals surface area (Å²) < 4.78 is 10.7. The van der Waals surface area contributed by atoms with Gasteiger partial charge in [-0.05, 0) is 48.4 Å². The number of nitrogens with zero attached hydrogens (tertiary/aromatic N) is 4. The highest BCUT2D eigenvalue weighted by molar-refractivity contribution is 5.99. The molecular formula is C25H24N4O3. The fraction of sp³-hybridized carbons (Fsp3) is 0.200. The van der Waals surface area contributed by atoms with Gasteiger partial charge in [-0.1, -0.05) is 12.1 Å². The maximum atomic E-state index is 12.3. The number of methoxy groups -OCH3 is 2. The predicted molar refractivity (Wildman–Crippen MR) is 124 cm³/mol. The standard InChI is InChI=1S/C25H24N4O3/c1-15-20-10-18(19-12-22(31-4)24(32-5)26-13-19)11-21(23(20)28-14-27-15)16-6-8-17(9-7-16)25(30)29(2)3/h6-14H,1-5H3. The first-order valence-corrected chi connectivity index (χ1v) is 10.1. The topological polar surface area (TPSA) is 77.4 Å². The molecule has 162 valence electrons. The van der Waals surface area contributed by atoms with E-state index in [2.05, 4.69) is 27.1 Å². The Balaban J connectivity index is 1.90. The Morgan fingerprint density at radius 2 is 1.62 bits per heavy atom. The summed E-state index contributed by atoms with van der Waals surface area (Å²) in [6.07, 6.45) is 3.33. The monoisotopic (exact) mass is 428 g/mol. The highest BCUT2D eigenvalue weighted by atomic mass is 16.5. The van der Waals surface area contributed by atoms with Crippen LogP contribution in [0.4, 0.5) is 0 Å². The van der Waals surface area contributed by atoms with Crippen LogP contribution in [0.1, 0.15) is 16.1 Å². The third kappa shape index (κ3) is 3.85. The average molecular weight is 428 g/mol. The van der Waals surface area contributed by atoms with Crippen LogP contribution in [0.5, 0.6) is 11.6 Å². The molecule has 1 amide bonds. The van der Waals surface area contributed by atoms with E-state index in [1.165, 1.54) is 0 Å². The molecule has 4 aromatic rings. The van der Waals surface area contributed by atoms with Crippen LogP contribution < -0.4 is 9.47 Å². The molecule has 7 nitrogen and oxygen atoms in total. The van der Waals surface area contributed by atoms with Crippen LogP contribution in [0.25, 0.3) is 33.2 Å². The molecule has 32 heavy (non-hydrogen) atoms. The smallest absolute Gasteiger partial charge is 0.256 e. The second kappa shape index (κ2) is 8.63. The normalized spacial score (nSPS) is 10.8. The Labute approximate surface area is 186 Å². The van der Waals surface area contributed by atoms with Gasteiger partial charge in [-0.2, -0.15) is 0 Å². The number of amides is 1. The van der Waals surface area contributed by atoms with E-state index in [1.807, 2.05) is 37.3 Å². The van der Waals surface area contributed by atoms with E-state index in [0.29, 0.717) is 17.2 Å². The van der Waals surface area contributed by atoms with E-state index in [-0.39, 0.29) is 5.91 Å². The van der Waals surface area contributed by atoms with Gasteiger partial charge in [-0.25, -0.2) is 15.0 Å². The van der Waals surface area contributed by atoms with Gasteiger partial charge in [-0.15, -0.1) is 0 Å². The van der Waals surface area contributed by atoms with Crippen molar-refractivity contribution >= 4 is 16.8 Å². The molecule has 2 heterocycles. The van der Waals surface area contributed by atoms with Gasteiger partial charge in [0.05, 0.1) is 19.7 Å². The number of carbonyl (C=O) groups excluding carboxylic acids is 1. The zero-order valence-corrected chi connectivity index (χ0v) is 18.7. The SMILES string of the molecule is COc1cc(-c2cc(-c3ccc(C(=O)N(C)C)cc3)c3ncnc(C)c3c2)cnc1OC. The number of hydrogen-bond acceptors (Lipinski definition) is 6. The highest BCUT2D eigenvalue weighted by Gasteiger charge is 2.15. The molecule has 2 aromatic heterocycles. The number of aryl methyl sites for hydroxylation is 1. The number of aromatic nitrogens is 3. The molecule has 4 rings (SSSR count). The Bertz CT molecular complexity index is 1300. The van der Waals surface area contributed by atoms with Gasteiger partial charge < -0.3 is 14.4 Å².